The highest BCUT2D eigenvalue weighted by Gasteiger charge is 2.14. The van der Waals surface area contributed by atoms with Crippen LogP contribution in [0.25, 0.3) is 0 Å². The molecule has 0 aliphatic rings. The molecule has 1 amide bonds. The molecule has 0 atom stereocenters. The fraction of sp³-hybridized carbons (Fsp3) is 0.286. The standard InChI is InChI=1S/C21H23NO5/c1-13-5-7-18(14(2)9-13)22-20(24)12-27-21(25)11-17-10-16(15(3)23)6-8-19(17)26-4/h5-10H,11-12H2,1-4H3,(H,22,24). The maximum atomic E-state index is 12.1. The van der Waals surface area contributed by atoms with Crippen molar-refractivity contribution in [2.24, 2.45) is 0 Å². The minimum atomic E-state index is -0.579. The second kappa shape index (κ2) is 8.98. The molecule has 0 spiro atoms. The number of aryl methyl sites for hydroxylation is 2. The zero-order valence-corrected chi connectivity index (χ0v) is 15.9. The predicted molar refractivity (Wildman–Crippen MR) is 102 cm³/mol. The summed E-state index contributed by atoms with van der Waals surface area (Å²) >= 11 is 0. The minimum Gasteiger partial charge on any atom is -0.496 e. The number of carbonyl (C=O) groups is 3. The fourth-order valence-electron chi connectivity index (χ4n) is 2.63. The summed E-state index contributed by atoms with van der Waals surface area (Å²) in [4.78, 5) is 35.6. The Bertz CT molecular complexity index is 873. The highest BCUT2D eigenvalue weighted by molar-refractivity contribution is 5.95. The largest absolute Gasteiger partial charge is 0.496 e. The van der Waals surface area contributed by atoms with Crippen LogP contribution in [0.1, 0.15) is 34.0 Å². The van der Waals surface area contributed by atoms with E-state index in [4.69, 9.17) is 9.47 Å². The lowest BCUT2D eigenvalue weighted by molar-refractivity contribution is -0.146. The van der Waals surface area contributed by atoms with Gasteiger partial charge < -0.3 is 14.8 Å². The van der Waals surface area contributed by atoms with Gasteiger partial charge in [-0.25, -0.2) is 0 Å². The van der Waals surface area contributed by atoms with E-state index in [1.807, 2.05) is 32.0 Å². The van der Waals surface area contributed by atoms with E-state index >= 15 is 0 Å². The van der Waals surface area contributed by atoms with Crippen molar-refractivity contribution in [3.8, 4) is 5.75 Å². The van der Waals surface area contributed by atoms with Crippen LogP contribution in [-0.4, -0.2) is 31.4 Å². The highest BCUT2D eigenvalue weighted by atomic mass is 16.5. The van der Waals surface area contributed by atoms with E-state index in [0.29, 0.717) is 22.6 Å². The number of hydrogen-bond donors (Lipinski definition) is 1. The Balaban J connectivity index is 1.95. The third kappa shape index (κ3) is 5.67. The number of rotatable bonds is 7. The van der Waals surface area contributed by atoms with Crippen LogP contribution in [-0.2, 0) is 20.7 Å². The number of amides is 1. The van der Waals surface area contributed by atoms with Gasteiger partial charge in [0.1, 0.15) is 5.75 Å². The lowest BCUT2D eigenvalue weighted by Crippen LogP contribution is -2.22. The molecule has 0 bridgehead atoms. The van der Waals surface area contributed by atoms with E-state index in [0.717, 1.165) is 11.1 Å². The molecule has 0 aliphatic heterocycles. The maximum Gasteiger partial charge on any atom is 0.310 e. The molecule has 0 heterocycles. The summed E-state index contributed by atoms with van der Waals surface area (Å²) in [5.41, 5.74) is 3.72. The fourth-order valence-corrected chi connectivity index (χ4v) is 2.63. The number of ether oxygens (including phenoxy) is 2. The van der Waals surface area contributed by atoms with E-state index in [1.54, 1.807) is 18.2 Å². The van der Waals surface area contributed by atoms with Gasteiger partial charge in [0.25, 0.3) is 5.91 Å². The molecule has 2 aromatic carbocycles. The third-order valence-electron chi connectivity index (χ3n) is 4.04. The molecule has 2 aromatic rings. The van der Waals surface area contributed by atoms with Crippen LogP contribution >= 0.6 is 0 Å². The molecule has 27 heavy (non-hydrogen) atoms. The number of esters is 1. The molecule has 0 fully saturated rings. The van der Waals surface area contributed by atoms with Crippen LogP contribution in [0.2, 0.25) is 0 Å². The number of hydrogen-bond acceptors (Lipinski definition) is 5. The van der Waals surface area contributed by atoms with Crippen molar-refractivity contribution >= 4 is 23.3 Å². The summed E-state index contributed by atoms with van der Waals surface area (Å²) in [6.45, 7) is 4.92. The van der Waals surface area contributed by atoms with Crippen molar-refractivity contribution in [1.29, 1.82) is 0 Å². The van der Waals surface area contributed by atoms with Gasteiger partial charge in [-0.15, -0.1) is 0 Å². The van der Waals surface area contributed by atoms with Crippen molar-refractivity contribution in [2.75, 3.05) is 19.0 Å². The second-order valence-electron chi connectivity index (χ2n) is 6.29. The number of ketones is 1. The number of anilines is 1. The van der Waals surface area contributed by atoms with E-state index < -0.39 is 11.9 Å². The summed E-state index contributed by atoms with van der Waals surface area (Å²) in [6, 6.07) is 10.5. The SMILES string of the molecule is COc1ccc(C(C)=O)cc1CC(=O)OCC(=O)Nc1ccc(C)cc1C. The van der Waals surface area contributed by atoms with Gasteiger partial charge in [0.2, 0.25) is 0 Å². The summed E-state index contributed by atoms with van der Waals surface area (Å²) in [5, 5.41) is 2.72. The normalized spacial score (nSPS) is 10.2. The number of Topliss-reactive ketones (excluding diaryl/α,β-unsaturated/α-hetero) is 1. The first-order valence-electron chi connectivity index (χ1n) is 8.50. The van der Waals surface area contributed by atoms with Gasteiger partial charge in [-0.05, 0) is 50.6 Å². The molecule has 0 aliphatic carbocycles. The number of methoxy groups -OCH3 is 1. The Kier molecular flexibility index (Phi) is 6.71. The van der Waals surface area contributed by atoms with Gasteiger partial charge in [0, 0.05) is 16.8 Å². The molecule has 0 saturated carbocycles. The average molecular weight is 369 g/mol. The Labute approximate surface area is 158 Å². The Hall–Kier alpha value is -3.15. The van der Waals surface area contributed by atoms with Crippen LogP contribution in [0, 0.1) is 13.8 Å². The van der Waals surface area contributed by atoms with Gasteiger partial charge in [-0.3, -0.25) is 14.4 Å². The zero-order chi connectivity index (χ0) is 20.0. The quantitative estimate of drug-likeness (QED) is 0.598. The molecular formula is C21H23NO5. The molecule has 6 nitrogen and oxygen atoms in total. The first-order chi connectivity index (χ1) is 12.8. The monoisotopic (exact) mass is 369 g/mol. The molecule has 0 aromatic heterocycles. The summed E-state index contributed by atoms with van der Waals surface area (Å²) in [7, 11) is 1.48. The van der Waals surface area contributed by atoms with E-state index in [-0.39, 0.29) is 18.8 Å². The molecule has 2 rings (SSSR count). The van der Waals surface area contributed by atoms with Crippen molar-refractivity contribution < 1.29 is 23.9 Å². The molecule has 0 radical (unpaired) electrons. The van der Waals surface area contributed by atoms with Crippen LogP contribution in [0.15, 0.2) is 36.4 Å². The Morgan fingerprint density at radius 1 is 1.04 bits per heavy atom. The molecule has 6 heteroatoms. The minimum absolute atomic E-state index is 0.0961. The van der Waals surface area contributed by atoms with Crippen LogP contribution in [0.3, 0.4) is 0 Å². The first kappa shape index (κ1) is 20.2. The van der Waals surface area contributed by atoms with Gasteiger partial charge in [0.15, 0.2) is 12.4 Å². The van der Waals surface area contributed by atoms with Gasteiger partial charge in [-0.1, -0.05) is 17.7 Å². The van der Waals surface area contributed by atoms with Crippen LogP contribution in [0.5, 0.6) is 5.75 Å². The van der Waals surface area contributed by atoms with Gasteiger partial charge in [-0.2, -0.15) is 0 Å². The maximum absolute atomic E-state index is 12.1. The molecule has 1 N–H and O–H groups in total. The summed E-state index contributed by atoms with van der Waals surface area (Å²) in [6.07, 6.45) is -0.0961. The van der Waals surface area contributed by atoms with Gasteiger partial charge >= 0.3 is 5.97 Å². The topological polar surface area (TPSA) is 81.7 Å². The van der Waals surface area contributed by atoms with Crippen molar-refractivity contribution in [3.63, 3.8) is 0 Å². The molecule has 142 valence electrons. The number of benzene rings is 2. The summed E-state index contributed by atoms with van der Waals surface area (Å²) in [5.74, 6) is -0.624. The summed E-state index contributed by atoms with van der Waals surface area (Å²) < 4.78 is 10.3. The second-order valence-corrected chi connectivity index (χ2v) is 6.29. The molecule has 0 saturated heterocycles. The zero-order valence-electron chi connectivity index (χ0n) is 15.9. The predicted octanol–water partition coefficient (Wildman–Crippen LogP) is 3.24. The lowest BCUT2D eigenvalue weighted by atomic mass is 10.0. The van der Waals surface area contributed by atoms with Crippen molar-refractivity contribution in [2.45, 2.75) is 27.2 Å². The van der Waals surface area contributed by atoms with Crippen molar-refractivity contribution in [3.05, 3.63) is 58.7 Å². The smallest absolute Gasteiger partial charge is 0.310 e. The lowest BCUT2D eigenvalue weighted by Gasteiger charge is -2.11. The third-order valence-corrected chi connectivity index (χ3v) is 4.04. The number of nitrogens with one attached hydrogen (secondary N) is 1. The van der Waals surface area contributed by atoms with Crippen molar-refractivity contribution in [1.82, 2.24) is 0 Å². The van der Waals surface area contributed by atoms with Gasteiger partial charge in [0.05, 0.1) is 13.5 Å². The van der Waals surface area contributed by atoms with Crippen LogP contribution in [0.4, 0.5) is 5.69 Å². The Morgan fingerprint density at radius 3 is 2.41 bits per heavy atom. The van der Waals surface area contributed by atoms with Crippen LogP contribution < -0.4 is 10.1 Å². The van der Waals surface area contributed by atoms with E-state index in [9.17, 15) is 14.4 Å². The number of carbonyl (C=O) groups excluding carboxylic acids is 3. The molecule has 0 unspecified atom stereocenters. The first-order valence-corrected chi connectivity index (χ1v) is 8.50. The van der Waals surface area contributed by atoms with E-state index in [1.165, 1.54) is 14.0 Å². The van der Waals surface area contributed by atoms with E-state index in [2.05, 4.69) is 5.32 Å². The highest BCUT2D eigenvalue weighted by Crippen LogP contribution is 2.21. The Morgan fingerprint density at radius 2 is 1.78 bits per heavy atom. The average Bonchev–Trinajstić information content (AvgIpc) is 2.62. The molecular weight excluding hydrogens is 346 g/mol.